The molecule has 0 unspecified atom stereocenters. The molecule has 1 rings (SSSR count). The van der Waals surface area contributed by atoms with Gasteiger partial charge >= 0.3 is 6.03 Å². The minimum atomic E-state index is -0.167. The maximum absolute atomic E-state index is 11.9. The van der Waals surface area contributed by atoms with E-state index >= 15 is 0 Å². The van der Waals surface area contributed by atoms with E-state index in [-0.39, 0.29) is 12.1 Å². The molecule has 0 saturated heterocycles. The van der Waals surface area contributed by atoms with Crippen molar-refractivity contribution in [2.75, 3.05) is 25.0 Å². The fourth-order valence-electron chi connectivity index (χ4n) is 2.26. The molecular formula is C16H27ClN3O+. The lowest BCUT2D eigenvalue weighted by Gasteiger charge is -2.18. The number of amides is 2. The fraction of sp³-hybridized carbons (Fsp3) is 0.562. The Labute approximate surface area is 132 Å². The molecule has 0 saturated carbocycles. The van der Waals surface area contributed by atoms with Crippen LogP contribution in [0.5, 0.6) is 0 Å². The Morgan fingerprint density at radius 1 is 1.24 bits per heavy atom. The number of carbonyl (C=O) groups is 1. The minimum Gasteiger partial charge on any atom is -0.335 e. The van der Waals surface area contributed by atoms with Crippen molar-refractivity contribution in [2.24, 2.45) is 0 Å². The molecule has 0 aliphatic carbocycles. The van der Waals surface area contributed by atoms with Gasteiger partial charge in [-0.15, -0.1) is 0 Å². The van der Waals surface area contributed by atoms with Crippen LogP contribution in [0.1, 0.15) is 33.6 Å². The van der Waals surface area contributed by atoms with E-state index in [0.717, 1.165) is 38.2 Å². The van der Waals surface area contributed by atoms with Crippen molar-refractivity contribution in [2.45, 2.75) is 39.7 Å². The normalized spacial score (nSPS) is 12.2. The van der Waals surface area contributed by atoms with Gasteiger partial charge < -0.3 is 15.5 Å². The molecule has 0 bridgehead atoms. The molecule has 1 aromatic carbocycles. The zero-order valence-electron chi connectivity index (χ0n) is 13.2. The summed E-state index contributed by atoms with van der Waals surface area (Å²) in [7, 11) is 0. The summed E-state index contributed by atoms with van der Waals surface area (Å²) in [6.45, 7) is 9.95. The third-order valence-corrected chi connectivity index (χ3v) is 3.90. The second kappa shape index (κ2) is 9.64. The lowest BCUT2D eigenvalue weighted by atomic mass is 10.2. The summed E-state index contributed by atoms with van der Waals surface area (Å²) in [4.78, 5) is 13.5. The highest BCUT2D eigenvalue weighted by Gasteiger charge is 2.09. The second-order valence-corrected chi connectivity index (χ2v) is 5.79. The number of halogens is 1. The Morgan fingerprint density at radius 3 is 2.43 bits per heavy atom. The van der Waals surface area contributed by atoms with Gasteiger partial charge in [0.1, 0.15) is 0 Å². The van der Waals surface area contributed by atoms with E-state index in [2.05, 4.69) is 24.5 Å². The van der Waals surface area contributed by atoms with E-state index in [1.807, 2.05) is 6.92 Å². The Balaban J connectivity index is 2.25. The third-order valence-electron chi connectivity index (χ3n) is 3.65. The quantitative estimate of drug-likeness (QED) is 0.679. The number of hydrogen-bond acceptors (Lipinski definition) is 1. The Morgan fingerprint density at radius 2 is 1.86 bits per heavy atom. The summed E-state index contributed by atoms with van der Waals surface area (Å²) in [5.41, 5.74) is 0.747. The predicted octanol–water partition coefficient (Wildman–Crippen LogP) is 2.55. The van der Waals surface area contributed by atoms with Gasteiger partial charge in [0.2, 0.25) is 0 Å². The highest BCUT2D eigenvalue weighted by Crippen LogP contribution is 2.13. The number of rotatable bonds is 8. The topological polar surface area (TPSA) is 45.6 Å². The van der Waals surface area contributed by atoms with Gasteiger partial charge in [-0.05, 0) is 57.9 Å². The lowest BCUT2D eigenvalue weighted by Crippen LogP contribution is -3.11. The minimum absolute atomic E-state index is 0.167. The molecule has 0 heterocycles. The third kappa shape index (κ3) is 7.34. The molecule has 3 N–H and O–H groups in total. The van der Waals surface area contributed by atoms with Crippen LogP contribution < -0.4 is 15.5 Å². The largest absolute Gasteiger partial charge is 0.335 e. The van der Waals surface area contributed by atoms with Crippen molar-refractivity contribution in [3.05, 3.63) is 29.3 Å². The molecule has 1 atom stereocenters. The first-order valence-corrected chi connectivity index (χ1v) is 8.09. The van der Waals surface area contributed by atoms with Crippen molar-refractivity contribution in [1.29, 1.82) is 0 Å². The molecule has 0 spiro atoms. The molecule has 118 valence electrons. The number of benzene rings is 1. The molecule has 0 aliphatic rings. The first kappa shape index (κ1) is 17.8. The molecule has 0 radical (unpaired) electrons. The zero-order chi connectivity index (χ0) is 15.7. The van der Waals surface area contributed by atoms with Crippen molar-refractivity contribution < 1.29 is 9.69 Å². The number of anilines is 1. The molecule has 0 fully saturated rings. The van der Waals surface area contributed by atoms with E-state index < -0.39 is 0 Å². The fourth-order valence-corrected chi connectivity index (χ4v) is 2.38. The van der Waals surface area contributed by atoms with Crippen LogP contribution in [-0.2, 0) is 0 Å². The number of hydrogen-bond donors (Lipinski definition) is 3. The van der Waals surface area contributed by atoms with Crippen LogP contribution in [0.25, 0.3) is 0 Å². The van der Waals surface area contributed by atoms with Gasteiger partial charge in [0.05, 0.1) is 19.6 Å². The zero-order valence-corrected chi connectivity index (χ0v) is 14.0. The van der Waals surface area contributed by atoms with E-state index in [1.54, 1.807) is 29.2 Å². The van der Waals surface area contributed by atoms with E-state index in [0.29, 0.717) is 5.02 Å². The standard InChI is InChI=1S/C16H26ClN3O/c1-4-20(5-2)12-6-7-13(3)18-16(21)19-15-10-8-14(17)9-11-15/h8-11,13H,4-7,12H2,1-3H3,(H2,18,19,21)/p+1/t13-/m1/s1. The number of quaternary nitrogens is 1. The molecule has 0 aromatic heterocycles. The molecule has 21 heavy (non-hydrogen) atoms. The second-order valence-electron chi connectivity index (χ2n) is 5.36. The smallest absolute Gasteiger partial charge is 0.319 e. The molecule has 4 nitrogen and oxygen atoms in total. The summed E-state index contributed by atoms with van der Waals surface area (Å²) in [6, 6.07) is 7.10. The summed E-state index contributed by atoms with van der Waals surface area (Å²) < 4.78 is 0. The number of nitrogens with one attached hydrogen (secondary N) is 3. The van der Waals surface area contributed by atoms with Gasteiger partial charge in [-0.1, -0.05) is 11.6 Å². The maximum Gasteiger partial charge on any atom is 0.319 e. The van der Waals surface area contributed by atoms with Crippen molar-refractivity contribution in [1.82, 2.24) is 5.32 Å². The van der Waals surface area contributed by atoms with Crippen molar-refractivity contribution >= 4 is 23.3 Å². The van der Waals surface area contributed by atoms with Crippen LogP contribution in [0.2, 0.25) is 5.02 Å². The van der Waals surface area contributed by atoms with Crippen LogP contribution >= 0.6 is 11.6 Å². The van der Waals surface area contributed by atoms with E-state index in [1.165, 1.54) is 0 Å². The van der Waals surface area contributed by atoms with Crippen LogP contribution in [0, 0.1) is 0 Å². The Kier molecular flexibility index (Phi) is 8.16. The highest BCUT2D eigenvalue weighted by molar-refractivity contribution is 6.30. The average molecular weight is 313 g/mol. The summed E-state index contributed by atoms with van der Waals surface area (Å²) >= 11 is 5.81. The molecule has 2 amide bonds. The van der Waals surface area contributed by atoms with E-state index in [9.17, 15) is 4.79 Å². The lowest BCUT2D eigenvalue weighted by molar-refractivity contribution is -0.896. The molecule has 0 aliphatic heterocycles. The summed E-state index contributed by atoms with van der Waals surface area (Å²) in [5, 5.41) is 6.43. The maximum atomic E-state index is 11.9. The van der Waals surface area contributed by atoms with Gasteiger partial charge in [-0.2, -0.15) is 0 Å². The van der Waals surface area contributed by atoms with Crippen LogP contribution in [-0.4, -0.2) is 31.7 Å². The Hall–Kier alpha value is -1.26. The highest BCUT2D eigenvalue weighted by atomic mass is 35.5. The van der Waals surface area contributed by atoms with Gasteiger partial charge in [0, 0.05) is 16.8 Å². The van der Waals surface area contributed by atoms with Gasteiger partial charge in [0.25, 0.3) is 0 Å². The SMILES string of the molecule is CC[NH+](CC)CCC[C@@H](C)NC(=O)Nc1ccc(Cl)cc1. The van der Waals surface area contributed by atoms with E-state index in [4.69, 9.17) is 11.6 Å². The van der Waals surface area contributed by atoms with Gasteiger partial charge in [-0.3, -0.25) is 0 Å². The molecular weight excluding hydrogens is 286 g/mol. The van der Waals surface area contributed by atoms with Crippen LogP contribution in [0.15, 0.2) is 24.3 Å². The van der Waals surface area contributed by atoms with Gasteiger partial charge in [0.15, 0.2) is 0 Å². The average Bonchev–Trinajstić information content (AvgIpc) is 2.46. The predicted molar refractivity (Wildman–Crippen MR) is 89.2 cm³/mol. The van der Waals surface area contributed by atoms with Crippen LogP contribution in [0.3, 0.4) is 0 Å². The van der Waals surface area contributed by atoms with Gasteiger partial charge in [-0.25, -0.2) is 4.79 Å². The number of urea groups is 1. The van der Waals surface area contributed by atoms with Crippen molar-refractivity contribution in [3.8, 4) is 0 Å². The monoisotopic (exact) mass is 312 g/mol. The Bertz CT molecular complexity index is 418. The summed E-state index contributed by atoms with van der Waals surface area (Å²) in [6.07, 6.45) is 2.12. The first-order valence-electron chi connectivity index (χ1n) is 7.71. The first-order chi connectivity index (χ1) is 10.0. The summed E-state index contributed by atoms with van der Waals surface area (Å²) in [5.74, 6) is 0. The molecule has 5 heteroatoms. The number of carbonyl (C=O) groups excluding carboxylic acids is 1. The molecule has 1 aromatic rings. The van der Waals surface area contributed by atoms with Crippen LogP contribution in [0.4, 0.5) is 10.5 Å². The van der Waals surface area contributed by atoms with Crippen molar-refractivity contribution in [3.63, 3.8) is 0 Å².